The van der Waals surface area contributed by atoms with Crippen LogP contribution in [0, 0.1) is 0 Å². The molecule has 0 spiro atoms. The van der Waals surface area contributed by atoms with E-state index in [2.05, 4.69) is 44.1 Å². The van der Waals surface area contributed by atoms with Crippen LogP contribution in [0.15, 0.2) is 71.5 Å². The molecule has 0 aliphatic heterocycles. The van der Waals surface area contributed by atoms with E-state index >= 15 is 0 Å². The molecule has 4 rings (SSSR count). The molecule has 0 aliphatic rings. The van der Waals surface area contributed by atoms with E-state index in [9.17, 15) is 0 Å². The summed E-state index contributed by atoms with van der Waals surface area (Å²) in [5, 5.41) is 3.41. The van der Waals surface area contributed by atoms with E-state index in [4.69, 9.17) is 0 Å². The highest BCUT2D eigenvalue weighted by molar-refractivity contribution is 9.10. The van der Waals surface area contributed by atoms with Gasteiger partial charge in [-0.1, -0.05) is 52.3 Å². The fraction of sp³-hybridized carbons (Fsp3) is 0. The molecule has 0 fully saturated rings. The first-order valence-corrected chi connectivity index (χ1v) is 7.51. The van der Waals surface area contributed by atoms with Crippen LogP contribution in [0.1, 0.15) is 0 Å². The topological polar surface area (TPSA) is 25.8 Å². The highest BCUT2D eigenvalue weighted by Gasteiger charge is 2.10. The van der Waals surface area contributed by atoms with Crippen molar-refractivity contribution in [2.24, 2.45) is 0 Å². The first kappa shape index (κ1) is 12.5. The highest BCUT2D eigenvalue weighted by Crippen LogP contribution is 2.33. The standard InChI is InChI=1S/C18H11BrN2/c19-16-7-3-1-6-14(16)18-15-11-21-17-8-4-2-5-13(17)12(15)9-10-20-18/h1-11H. The first-order chi connectivity index (χ1) is 10.3. The second kappa shape index (κ2) is 4.93. The minimum atomic E-state index is 0.957. The van der Waals surface area contributed by atoms with Gasteiger partial charge in [-0.2, -0.15) is 0 Å². The second-order valence-electron chi connectivity index (χ2n) is 4.88. The zero-order chi connectivity index (χ0) is 14.2. The highest BCUT2D eigenvalue weighted by atomic mass is 79.9. The average molecular weight is 335 g/mol. The Bertz CT molecular complexity index is 963. The van der Waals surface area contributed by atoms with Gasteiger partial charge in [0.05, 0.1) is 11.2 Å². The molecule has 3 heteroatoms. The maximum absolute atomic E-state index is 4.57. The van der Waals surface area contributed by atoms with Crippen molar-refractivity contribution in [3.8, 4) is 11.3 Å². The van der Waals surface area contributed by atoms with Crippen molar-refractivity contribution < 1.29 is 0 Å². The van der Waals surface area contributed by atoms with Crippen LogP contribution in [-0.2, 0) is 0 Å². The molecule has 0 atom stereocenters. The van der Waals surface area contributed by atoms with Crippen molar-refractivity contribution >= 4 is 37.6 Å². The summed E-state index contributed by atoms with van der Waals surface area (Å²) in [5.41, 5.74) is 3.05. The average Bonchev–Trinajstić information content (AvgIpc) is 2.55. The van der Waals surface area contributed by atoms with E-state index < -0.39 is 0 Å². The van der Waals surface area contributed by atoms with Crippen LogP contribution in [0.3, 0.4) is 0 Å². The number of halogens is 1. The third-order valence-electron chi connectivity index (χ3n) is 3.65. The van der Waals surface area contributed by atoms with Crippen LogP contribution in [0.5, 0.6) is 0 Å². The third kappa shape index (κ3) is 2.01. The van der Waals surface area contributed by atoms with Gasteiger partial charge < -0.3 is 0 Å². The molecular formula is C18H11BrN2. The number of aromatic nitrogens is 2. The van der Waals surface area contributed by atoms with E-state index in [-0.39, 0.29) is 0 Å². The lowest BCUT2D eigenvalue weighted by molar-refractivity contribution is 1.34. The van der Waals surface area contributed by atoms with Crippen molar-refractivity contribution in [2.45, 2.75) is 0 Å². The fourth-order valence-corrected chi connectivity index (χ4v) is 3.13. The predicted octanol–water partition coefficient (Wildman–Crippen LogP) is 5.21. The molecule has 0 unspecified atom stereocenters. The molecule has 0 N–H and O–H groups in total. The molecule has 2 aromatic carbocycles. The maximum atomic E-state index is 4.57. The Morgan fingerprint density at radius 2 is 1.52 bits per heavy atom. The molecule has 21 heavy (non-hydrogen) atoms. The molecular weight excluding hydrogens is 324 g/mol. The van der Waals surface area contributed by atoms with E-state index in [0.717, 1.165) is 32.0 Å². The van der Waals surface area contributed by atoms with Gasteiger partial charge in [-0.25, -0.2) is 0 Å². The number of fused-ring (bicyclic) bond motifs is 3. The fourth-order valence-electron chi connectivity index (χ4n) is 2.65. The van der Waals surface area contributed by atoms with Crippen LogP contribution in [0.25, 0.3) is 32.9 Å². The molecule has 4 aromatic rings. The van der Waals surface area contributed by atoms with Crippen LogP contribution in [-0.4, -0.2) is 9.97 Å². The Kier molecular flexibility index (Phi) is 2.93. The lowest BCUT2D eigenvalue weighted by Crippen LogP contribution is -1.89. The monoisotopic (exact) mass is 334 g/mol. The number of para-hydroxylation sites is 1. The summed E-state index contributed by atoms with van der Waals surface area (Å²) in [5.74, 6) is 0. The van der Waals surface area contributed by atoms with E-state index in [1.807, 2.05) is 48.8 Å². The van der Waals surface area contributed by atoms with Crippen molar-refractivity contribution in [1.82, 2.24) is 9.97 Å². The lowest BCUT2D eigenvalue weighted by Gasteiger charge is -2.09. The summed E-state index contributed by atoms with van der Waals surface area (Å²) in [7, 11) is 0. The number of pyridine rings is 2. The predicted molar refractivity (Wildman–Crippen MR) is 90.2 cm³/mol. The zero-order valence-electron chi connectivity index (χ0n) is 11.1. The molecule has 0 bridgehead atoms. The Balaban J connectivity index is 2.12. The molecule has 100 valence electrons. The van der Waals surface area contributed by atoms with Gasteiger partial charge in [0.1, 0.15) is 0 Å². The molecule has 2 heterocycles. The second-order valence-corrected chi connectivity index (χ2v) is 5.73. The van der Waals surface area contributed by atoms with E-state index in [0.29, 0.717) is 0 Å². The summed E-state index contributed by atoms with van der Waals surface area (Å²) in [6.45, 7) is 0. The largest absolute Gasteiger partial charge is 0.256 e. The minimum Gasteiger partial charge on any atom is -0.256 e. The molecule has 0 amide bonds. The molecule has 2 aromatic heterocycles. The van der Waals surface area contributed by atoms with Crippen molar-refractivity contribution in [2.75, 3.05) is 0 Å². The number of rotatable bonds is 1. The van der Waals surface area contributed by atoms with Crippen LogP contribution < -0.4 is 0 Å². The summed E-state index contributed by atoms with van der Waals surface area (Å²) in [6, 6.07) is 18.4. The quantitative estimate of drug-likeness (QED) is 0.446. The van der Waals surface area contributed by atoms with Gasteiger partial charge in [0, 0.05) is 33.2 Å². The Morgan fingerprint density at radius 1 is 0.714 bits per heavy atom. The number of hydrogen-bond acceptors (Lipinski definition) is 2. The molecule has 0 radical (unpaired) electrons. The smallest absolute Gasteiger partial charge is 0.0807 e. The Labute approximate surface area is 130 Å². The van der Waals surface area contributed by atoms with Crippen molar-refractivity contribution in [3.05, 3.63) is 71.5 Å². The first-order valence-electron chi connectivity index (χ1n) is 6.72. The van der Waals surface area contributed by atoms with Crippen molar-refractivity contribution in [1.29, 1.82) is 0 Å². The maximum Gasteiger partial charge on any atom is 0.0807 e. The van der Waals surface area contributed by atoms with Gasteiger partial charge >= 0.3 is 0 Å². The molecule has 0 saturated carbocycles. The Morgan fingerprint density at radius 3 is 2.43 bits per heavy atom. The SMILES string of the molecule is Brc1ccccc1-c1nccc2c1cnc1ccccc12. The van der Waals surface area contributed by atoms with Crippen LogP contribution in [0.4, 0.5) is 0 Å². The number of hydrogen-bond donors (Lipinski definition) is 0. The lowest BCUT2D eigenvalue weighted by atomic mass is 10.0. The Hall–Kier alpha value is -2.26. The minimum absolute atomic E-state index is 0.957. The van der Waals surface area contributed by atoms with E-state index in [1.165, 1.54) is 5.39 Å². The van der Waals surface area contributed by atoms with Crippen molar-refractivity contribution in [3.63, 3.8) is 0 Å². The normalized spacial score (nSPS) is 11.1. The van der Waals surface area contributed by atoms with Gasteiger partial charge in [0.2, 0.25) is 0 Å². The molecule has 0 saturated heterocycles. The summed E-state index contributed by atoms with van der Waals surface area (Å²) >= 11 is 3.61. The van der Waals surface area contributed by atoms with E-state index in [1.54, 1.807) is 0 Å². The van der Waals surface area contributed by atoms with Gasteiger partial charge in [0.25, 0.3) is 0 Å². The molecule has 0 aliphatic carbocycles. The van der Waals surface area contributed by atoms with Gasteiger partial charge in [-0.05, 0) is 23.6 Å². The van der Waals surface area contributed by atoms with Gasteiger partial charge in [-0.3, -0.25) is 9.97 Å². The van der Waals surface area contributed by atoms with Crippen LogP contribution >= 0.6 is 15.9 Å². The third-order valence-corrected chi connectivity index (χ3v) is 4.34. The molecule has 2 nitrogen and oxygen atoms in total. The van der Waals surface area contributed by atoms with Gasteiger partial charge in [0.15, 0.2) is 0 Å². The van der Waals surface area contributed by atoms with Gasteiger partial charge in [-0.15, -0.1) is 0 Å². The summed E-state index contributed by atoms with van der Waals surface area (Å²) in [6.07, 6.45) is 3.78. The van der Waals surface area contributed by atoms with Crippen LogP contribution in [0.2, 0.25) is 0 Å². The summed E-state index contributed by atoms with van der Waals surface area (Å²) in [4.78, 5) is 9.14. The number of nitrogens with zero attached hydrogens (tertiary/aromatic N) is 2. The number of benzene rings is 2. The zero-order valence-corrected chi connectivity index (χ0v) is 12.7. The summed E-state index contributed by atoms with van der Waals surface area (Å²) < 4.78 is 1.04.